The lowest BCUT2D eigenvalue weighted by Gasteiger charge is -2.39. The summed E-state index contributed by atoms with van der Waals surface area (Å²) in [5.41, 5.74) is 8.16. The smallest absolute Gasteiger partial charge is 0.229 e. The Morgan fingerprint density at radius 3 is 2.44 bits per heavy atom. The van der Waals surface area contributed by atoms with Crippen molar-refractivity contribution in [1.29, 1.82) is 5.41 Å². The summed E-state index contributed by atoms with van der Waals surface area (Å²) in [5, 5.41) is 51.2. The lowest BCUT2D eigenvalue weighted by molar-refractivity contribution is -0.277. The van der Waals surface area contributed by atoms with Crippen molar-refractivity contribution in [3.05, 3.63) is 77.5 Å². The molecule has 1 fully saturated rings. The van der Waals surface area contributed by atoms with Crippen molar-refractivity contribution in [3.8, 4) is 5.75 Å². The first kappa shape index (κ1) is 25.2. The predicted octanol–water partition coefficient (Wildman–Crippen LogP) is -0.244. The predicted molar refractivity (Wildman–Crippen MR) is 130 cm³/mol. The minimum Gasteiger partial charge on any atom is -0.462 e. The van der Waals surface area contributed by atoms with Crippen LogP contribution in [0.25, 0.3) is 0 Å². The summed E-state index contributed by atoms with van der Waals surface area (Å²) in [4.78, 5) is 8.69. The number of nitrogens with two attached hydrogens (primary N) is 1. The molecule has 1 saturated heterocycles. The van der Waals surface area contributed by atoms with Crippen LogP contribution in [-0.2, 0) is 4.74 Å². The molecule has 1 aliphatic heterocycles. The van der Waals surface area contributed by atoms with E-state index in [1.165, 1.54) is 17.2 Å². The summed E-state index contributed by atoms with van der Waals surface area (Å²) >= 11 is 0. The minimum atomic E-state index is -1.53. The number of nitrogens with zero attached hydrogens (tertiary/aromatic N) is 4. The molecule has 0 saturated carbocycles. The van der Waals surface area contributed by atoms with Crippen LogP contribution in [0.2, 0.25) is 0 Å². The van der Waals surface area contributed by atoms with E-state index < -0.39 is 37.3 Å². The van der Waals surface area contributed by atoms with Crippen LogP contribution in [0.5, 0.6) is 5.75 Å². The van der Waals surface area contributed by atoms with Gasteiger partial charge in [0.05, 0.1) is 24.1 Å². The van der Waals surface area contributed by atoms with E-state index in [2.05, 4.69) is 15.1 Å². The standard InChI is InChI=1S/C24H26N6O6/c25-10-17-22(26)30(13-27-23(17)29-15-4-2-1-3-5-15)28-11-14-6-8-16(9-7-14)35-24-21(34)20(33)19(32)18(12-31)36-24/h1-11,13,18-21,24-25,31-34H,12,26H2. The number of para-hydroxylation sites is 1. The molecule has 2 aromatic carbocycles. The van der Waals surface area contributed by atoms with E-state index in [-0.39, 0.29) is 5.82 Å². The van der Waals surface area contributed by atoms with Crippen LogP contribution in [-0.4, -0.2) is 79.8 Å². The van der Waals surface area contributed by atoms with Gasteiger partial charge in [-0.2, -0.15) is 5.10 Å². The Hall–Kier alpha value is -3.94. The van der Waals surface area contributed by atoms with Crippen LogP contribution in [0, 0.1) is 5.41 Å². The van der Waals surface area contributed by atoms with E-state index in [4.69, 9.17) is 20.6 Å². The molecule has 2 heterocycles. The highest BCUT2D eigenvalue weighted by atomic mass is 16.7. The maximum absolute atomic E-state index is 10.1. The van der Waals surface area contributed by atoms with E-state index in [0.29, 0.717) is 28.1 Å². The van der Waals surface area contributed by atoms with Crippen LogP contribution in [0.15, 0.2) is 71.0 Å². The van der Waals surface area contributed by atoms with Crippen molar-refractivity contribution in [2.45, 2.75) is 30.7 Å². The monoisotopic (exact) mass is 494 g/mol. The van der Waals surface area contributed by atoms with E-state index in [0.717, 1.165) is 6.21 Å². The Morgan fingerprint density at radius 1 is 1.06 bits per heavy atom. The zero-order valence-corrected chi connectivity index (χ0v) is 19.0. The fourth-order valence-electron chi connectivity index (χ4n) is 3.48. The lowest BCUT2D eigenvalue weighted by Crippen LogP contribution is -2.60. The molecule has 1 aliphatic rings. The van der Waals surface area contributed by atoms with Crippen molar-refractivity contribution in [1.82, 2.24) is 9.66 Å². The van der Waals surface area contributed by atoms with Crippen molar-refractivity contribution >= 4 is 23.9 Å². The Kier molecular flexibility index (Phi) is 7.83. The number of aliphatic hydroxyl groups is 4. The third-order valence-corrected chi connectivity index (χ3v) is 5.50. The fourth-order valence-corrected chi connectivity index (χ4v) is 3.48. The van der Waals surface area contributed by atoms with Gasteiger partial charge in [-0.05, 0) is 42.0 Å². The number of aromatic nitrogens is 2. The molecule has 1 aromatic heterocycles. The molecule has 0 aliphatic carbocycles. The molecule has 0 spiro atoms. The first-order valence-electron chi connectivity index (χ1n) is 11.0. The van der Waals surface area contributed by atoms with Gasteiger partial charge in [0.25, 0.3) is 0 Å². The van der Waals surface area contributed by atoms with Gasteiger partial charge in [-0.3, -0.25) is 0 Å². The molecule has 3 aromatic rings. The van der Waals surface area contributed by atoms with Crippen LogP contribution < -0.4 is 16.0 Å². The maximum Gasteiger partial charge on any atom is 0.229 e. The van der Waals surface area contributed by atoms with Crippen LogP contribution in [0.1, 0.15) is 11.1 Å². The zero-order valence-electron chi connectivity index (χ0n) is 19.0. The number of rotatable bonds is 7. The topological polar surface area (TPSA) is 192 Å². The highest BCUT2D eigenvalue weighted by molar-refractivity contribution is 5.83. The molecule has 0 amide bonds. The molecule has 7 N–H and O–H groups in total. The summed E-state index contributed by atoms with van der Waals surface area (Å²) in [7, 11) is 0. The summed E-state index contributed by atoms with van der Waals surface area (Å²) in [6.45, 7) is -0.545. The van der Waals surface area contributed by atoms with Gasteiger partial charge >= 0.3 is 0 Å². The zero-order chi connectivity index (χ0) is 25.7. The second kappa shape index (κ2) is 11.2. The SMILES string of the molecule is N=Cc1c(N)n(N=Cc2ccc(OC3OC(CO)C(O)C(O)C3O)cc2)cnc1=Nc1ccccc1. The summed E-state index contributed by atoms with van der Waals surface area (Å²) in [6, 6.07) is 15.8. The molecule has 4 rings (SSSR count). The van der Waals surface area contributed by atoms with Crippen molar-refractivity contribution in [2.75, 3.05) is 12.3 Å². The van der Waals surface area contributed by atoms with Gasteiger partial charge in [0.15, 0.2) is 5.49 Å². The minimum absolute atomic E-state index is 0.188. The highest BCUT2D eigenvalue weighted by Gasteiger charge is 2.44. The van der Waals surface area contributed by atoms with Gasteiger partial charge in [0.1, 0.15) is 42.3 Å². The molecule has 5 unspecified atom stereocenters. The lowest BCUT2D eigenvalue weighted by atomic mass is 9.99. The molecule has 0 bridgehead atoms. The maximum atomic E-state index is 10.1. The second-order valence-electron chi connectivity index (χ2n) is 7.93. The van der Waals surface area contributed by atoms with Gasteiger partial charge in [-0.25, -0.2) is 14.7 Å². The number of hydrogen-bond donors (Lipinski definition) is 6. The number of aliphatic hydroxyl groups excluding tert-OH is 4. The van der Waals surface area contributed by atoms with Gasteiger partial charge in [-0.15, -0.1) is 0 Å². The third kappa shape index (κ3) is 5.48. The Morgan fingerprint density at radius 2 is 1.78 bits per heavy atom. The van der Waals surface area contributed by atoms with Crippen molar-refractivity contribution in [2.24, 2.45) is 10.1 Å². The van der Waals surface area contributed by atoms with Crippen LogP contribution in [0.4, 0.5) is 11.5 Å². The number of anilines is 1. The number of hydrogen-bond acceptors (Lipinski definition) is 11. The van der Waals surface area contributed by atoms with Crippen molar-refractivity contribution in [3.63, 3.8) is 0 Å². The van der Waals surface area contributed by atoms with E-state index in [1.54, 1.807) is 24.3 Å². The molecule has 12 heteroatoms. The number of benzene rings is 2. The van der Waals surface area contributed by atoms with Crippen LogP contribution in [0.3, 0.4) is 0 Å². The number of ether oxygens (including phenoxy) is 2. The third-order valence-electron chi connectivity index (χ3n) is 5.50. The first-order valence-corrected chi connectivity index (χ1v) is 11.0. The fraction of sp³-hybridized carbons (Fsp3) is 0.250. The van der Waals surface area contributed by atoms with Gasteiger partial charge in [-0.1, -0.05) is 18.2 Å². The molecule has 5 atom stereocenters. The van der Waals surface area contributed by atoms with E-state index in [9.17, 15) is 20.4 Å². The van der Waals surface area contributed by atoms with E-state index >= 15 is 0 Å². The molecular weight excluding hydrogens is 468 g/mol. The molecule has 188 valence electrons. The Bertz CT molecular complexity index is 1280. The highest BCUT2D eigenvalue weighted by Crippen LogP contribution is 2.24. The summed E-state index contributed by atoms with van der Waals surface area (Å²) in [5.74, 6) is 0.511. The van der Waals surface area contributed by atoms with Gasteiger partial charge < -0.3 is 41.0 Å². The first-order chi connectivity index (χ1) is 17.4. The number of nitrogens with one attached hydrogen (secondary N) is 1. The van der Waals surface area contributed by atoms with E-state index in [1.807, 2.05) is 30.3 Å². The Balaban J connectivity index is 1.48. The molecule has 0 radical (unpaired) electrons. The molecular formula is C24H26N6O6. The average Bonchev–Trinajstić information content (AvgIpc) is 2.90. The summed E-state index contributed by atoms with van der Waals surface area (Å²) in [6.07, 6.45) is -2.83. The summed E-state index contributed by atoms with van der Waals surface area (Å²) < 4.78 is 12.2. The van der Waals surface area contributed by atoms with Crippen molar-refractivity contribution < 1.29 is 29.9 Å². The second-order valence-corrected chi connectivity index (χ2v) is 7.93. The largest absolute Gasteiger partial charge is 0.462 e. The van der Waals surface area contributed by atoms with Gasteiger partial charge in [0.2, 0.25) is 6.29 Å². The Labute approximate surface area is 205 Å². The quantitative estimate of drug-likeness (QED) is 0.242. The molecule has 36 heavy (non-hydrogen) atoms. The molecule has 12 nitrogen and oxygen atoms in total. The average molecular weight is 495 g/mol. The van der Waals surface area contributed by atoms with Crippen LogP contribution >= 0.6 is 0 Å². The normalized spacial score (nSPS) is 24.7. The number of nitrogen functional groups attached to an aromatic ring is 1. The van der Waals surface area contributed by atoms with Gasteiger partial charge in [0, 0.05) is 6.21 Å².